The van der Waals surface area contributed by atoms with Crippen LogP contribution >= 0.6 is 0 Å². The smallest absolute Gasteiger partial charge is 0.240 e. The summed E-state index contributed by atoms with van der Waals surface area (Å²) in [7, 11) is 0. The predicted molar refractivity (Wildman–Crippen MR) is 59.1 cm³/mol. The molecule has 2 aromatic heterocycles. The fraction of sp³-hybridized carbons (Fsp3) is 0.364. The SMILES string of the molecule is CC(=O)CCc1nc(-c2ncc(C)cn2)no1. The Bertz CT molecular complexity index is 519. The molecule has 0 spiro atoms. The van der Waals surface area contributed by atoms with Crippen molar-refractivity contribution in [2.24, 2.45) is 0 Å². The zero-order chi connectivity index (χ0) is 12.3. The number of hydrogen-bond donors (Lipinski definition) is 0. The highest BCUT2D eigenvalue weighted by molar-refractivity contribution is 5.75. The standard InChI is InChI=1S/C11H12N4O2/c1-7-5-12-10(13-6-7)11-14-9(17-15-11)4-3-8(2)16/h5-6H,3-4H2,1-2H3. The maximum Gasteiger partial charge on any atom is 0.240 e. The molecule has 0 aliphatic heterocycles. The number of aryl methyl sites for hydroxylation is 2. The van der Waals surface area contributed by atoms with Crippen LogP contribution in [-0.4, -0.2) is 25.9 Å². The van der Waals surface area contributed by atoms with Crippen LogP contribution in [0.4, 0.5) is 0 Å². The lowest BCUT2D eigenvalue weighted by Crippen LogP contribution is -1.95. The van der Waals surface area contributed by atoms with Gasteiger partial charge >= 0.3 is 0 Å². The van der Waals surface area contributed by atoms with Crippen molar-refractivity contribution in [1.29, 1.82) is 0 Å². The Labute approximate surface area is 98.1 Å². The zero-order valence-corrected chi connectivity index (χ0v) is 9.67. The number of rotatable bonds is 4. The highest BCUT2D eigenvalue weighted by Gasteiger charge is 2.11. The van der Waals surface area contributed by atoms with Crippen molar-refractivity contribution in [3.8, 4) is 11.6 Å². The number of ketones is 1. The van der Waals surface area contributed by atoms with Crippen molar-refractivity contribution in [3.05, 3.63) is 23.8 Å². The molecule has 0 atom stereocenters. The van der Waals surface area contributed by atoms with E-state index in [9.17, 15) is 4.79 Å². The highest BCUT2D eigenvalue weighted by atomic mass is 16.5. The molecule has 6 heteroatoms. The number of nitrogens with zero attached hydrogens (tertiary/aromatic N) is 4. The van der Waals surface area contributed by atoms with Crippen LogP contribution in [0.2, 0.25) is 0 Å². The second-order valence-electron chi connectivity index (χ2n) is 3.80. The number of carbonyl (C=O) groups is 1. The topological polar surface area (TPSA) is 81.8 Å². The lowest BCUT2D eigenvalue weighted by molar-refractivity contribution is -0.117. The Kier molecular flexibility index (Phi) is 3.22. The summed E-state index contributed by atoms with van der Waals surface area (Å²) in [6.45, 7) is 3.43. The van der Waals surface area contributed by atoms with E-state index >= 15 is 0 Å². The molecule has 0 amide bonds. The van der Waals surface area contributed by atoms with Gasteiger partial charge in [0.25, 0.3) is 0 Å². The molecule has 17 heavy (non-hydrogen) atoms. The molecule has 6 nitrogen and oxygen atoms in total. The quantitative estimate of drug-likeness (QED) is 0.791. The van der Waals surface area contributed by atoms with E-state index in [2.05, 4.69) is 20.1 Å². The van der Waals surface area contributed by atoms with Crippen LogP contribution in [0.25, 0.3) is 11.6 Å². The molecule has 0 N–H and O–H groups in total. The molecule has 0 saturated carbocycles. The molecule has 0 unspecified atom stereocenters. The van der Waals surface area contributed by atoms with E-state index < -0.39 is 0 Å². The predicted octanol–water partition coefficient (Wildman–Crippen LogP) is 1.36. The molecule has 0 radical (unpaired) electrons. The van der Waals surface area contributed by atoms with Gasteiger partial charge in [0.05, 0.1) is 0 Å². The summed E-state index contributed by atoms with van der Waals surface area (Å²) in [5.74, 6) is 1.30. The largest absolute Gasteiger partial charge is 0.339 e. The number of carbonyl (C=O) groups excluding carboxylic acids is 1. The van der Waals surface area contributed by atoms with E-state index in [0.717, 1.165) is 5.56 Å². The summed E-state index contributed by atoms with van der Waals surface area (Å²) >= 11 is 0. The highest BCUT2D eigenvalue weighted by Crippen LogP contribution is 2.11. The third-order valence-corrected chi connectivity index (χ3v) is 2.14. The van der Waals surface area contributed by atoms with Gasteiger partial charge in [-0.3, -0.25) is 0 Å². The van der Waals surface area contributed by atoms with Crippen LogP contribution < -0.4 is 0 Å². The maximum absolute atomic E-state index is 10.8. The molecule has 88 valence electrons. The zero-order valence-electron chi connectivity index (χ0n) is 9.67. The van der Waals surface area contributed by atoms with Crippen molar-refractivity contribution in [2.75, 3.05) is 0 Å². The van der Waals surface area contributed by atoms with Gasteiger partial charge in [-0.1, -0.05) is 5.16 Å². The monoisotopic (exact) mass is 232 g/mol. The summed E-state index contributed by atoms with van der Waals surface area (Å²) in [4.78, 5) is 23.1. The molecule has 0 aromatic carbocycles. The van der Waals surface area contributed by atoms with Gasteiger partial charge in [0.1, 0.15) is 5.78 Å². The van der Waals surface area contributed by atoms with Gasteiger partial charge in [-0.25, -0.2) is 9.97 Å². The van der Waals surface area contributed by atoms with Gasteiger partial charge in [-0.2, -0.15) is 4.98 Å². The normalized spacial score (nSPS) is 10.5. The van der Waals surface area contributed by atoms with Crippen molar-refractivity contribution in [2.45, 2.75) is 26.7 Å². The summed E-state index contributed by atoms with van der Waals surface area (Å²) in [5.41, 5.74) is 0.967. The van der Waals surface area contributed by atoms with E-state index in [1.54, 1.807) is 12.4 Å². The minimum atomic E-state index is 0.0938. The van der Waals surface area contributed by atoms with Gasteiger partial charge in [0.15, 0.2) is 0 Å². The molecule has 0 saturated heterocycles. The average molecular weight is 232 g/mol. The van der Waals surface area contributed by atoms with Gasteiger partial charge in [-0.15, -0.1) is 0 Å². The summed E-state index contributed by atoms with van der Waals surface area (Å²) < 4.78 is 5.01. The fourth-order valence-corrected chi connectivity index (χ4v) is 1.24. The lowest BCUT2D eigenvalue weighted by Gasteiger charge is -1.92. The Hall–Kier alpha value is -2.11. The Morgan fingerprint density at radius 2 is 2.00 bits per heavy atom. The average Bonchev–Trinajstić information content (AvgIpc) is 2.76. The molecular weight excluding hydrogens is 220 g/mol. The van der Waals surface area contributed by atoms with Gasteiger partial charge in [-0.05, 0) is 19.4 Å². The van der Waals surface area contributed by atoms with Crippen LogP contribution in [0.1, 0.15) is 24.8 Å². The molecule has 2 heterocycles. The maximum atomic E-state index is 10.8. The molecular formula is C11H12N4O2. The van der Waals surface area contributed by atoms with E-state index in [0.29, 0.717) is 30.4 Å². The Morgan fingerprint density at radius 1 is 1.29 bits per heavy atom. The first-order valence-electron chi connectivity index (χ1n) is 5.26. The molecule has 2 aromatic rings. The Balaban J connectivity index is 2.12. The van der Waals surface area contributed by atoms with E-state index in [1.807, 2.05) is 6.92 Å². The third-order valence-electron chi connectivity index (χ3n) is 2.14. The van der Waals surface area contributed by atoms with Crippen molar-refractivity contribution in [1.82, 2.24) is 20.1 Å². The molecule has 0 aliphatic carbocycles. The van der Waals surface area contributed by atoms with Gasteiger partial charge < -0.3 is 9.32 Å². The molecule has 2 rings (SSSR count). The first-order chi connectivity index (χ1) is 8.15. The molecule has 0 fully saturated rings. The second kappa shape index (κ2) is 4.82. The van der Waals surface area contributed by atoms with Crippen LogP contribution in [0, 0.1) is 6.92 Å². The fourth-order valence-electron chi connectivity index (χ4n) is 1.24. The van der Waals surface area contributed by atoms with Crippen LogP contribution in [-0.2, 0) is 11.2 Å². The summed E-state index contributed by atoms with van der Waals surface area (Å²) in [6, 6.07) is 0. The number of aromatic nitrogens is 4. The summed E-state index contributed by atoms with van der Waals surface area (Å²) in [6.07, 6.45) is 4.23. The van der Waals surface area contributed by atoms with Crippen LogP contribution in [0.15, 0.2) is 16.9 Å². The Morgan fingerprint density at radius 3 is 2.65 bits per heavy atom. The van der Waals surface area contributed by atoms with Crippen LogP contribution in [0.5, 0.6) is 0 Å². The number of Topliss-reactive ketones (excluding diaryl/α,β-unsaturated/α-hetero) is 1. The lowest BCUT2D eigenvalue weighted by atomic mass is 10.2. The van der Waals surface area contributed by atoms with Crippen molar-refractivity contribution < 1.29 is 9.32 Å². The summed E-state index contributed by atoms with van der Waals surface area (Å²) in [5, 5.41) is 3.77. The van der Waals surface area contributed by atoms with Crippen molar-refractivity contribution in [3.63, 3.8) is 0 Å². The second-order valence-corrected chi connectivity index (χ2v) is 3.80. The molecule has 0 bridgehead atoms. The van der Waals surface area contributed by atoms with Gasteiger partial charge in [0, 0.05) is 25.2 Å². The van der Waals surface area contributed by atoms with E-state index in [4.69, 9.17) is 4.52 Å². The number of hydrogen-bond acceptors (Lipinski definition) is 6. The first-order valence-corrected chi connectivity index (χ1v) is 5.26. The minimum Gasteiger partial charge on any atom is -0.339 e. The van der Waals surface area contributed by atoms with Crippen LogP contribution in [0.3, 0.4) is 0 Å². The molecule has 0 aliphatic rings. The first kappa shape index (κ1) is 11.4. The van der Waals surface area contributed by atoms with Gasteiger partial charge in [0.2, 0.25) is 17.5 Å². The van der Waals surface area contributed by atoms with E-state index in [1.165, 1.54) is 6.92 Å². The van der Waals surface area contributed by atoms with E-state index in [-0.39, 0.29) is 5.78 Å². The minimum absolute atomic E-state index is 0.0938. The third kappa shape index (κ3) is 2.93. The van der Waals surface area contributed by atoms with Crippen molar-refractivity contribution >= 4 is 5.78 Å².